The number of esters is 1. The van der Waals surface area contributed by atoms with Crippen molar-refractivity contribution in [2.24, 2.45) is 5.73 Å². The van der Waals surface area contributed by atoms with Crippen molar-refractivity contribution in [2.45, 2.75) is 0 Å². The van der Waals surface area contributed by atoms with Crippen molar-refractivity contribution >= 4 is 34.3 Å². The molecule has 0 spiro atoms. The number of carbonyl (C=O) groups is 1. The quantitative estimate of drug-likeness (QED) is 0.170. The molecule has 0 saturated heterocycles. The number of hydrogen-bond acceptors (Lipinski definition) is 4. The molecule has 5 N–H and O–H groups in total. The molecule has 0 unspecified atom stereocenters. The molecule has 3 aromatic rings. The summed E-state index contributed by atoms with van der Waals surface area (Å²) >= 11 is 0. The molecule has 3 aromatic carbocycles. The molecule has 5 heteroatoms. The third kappa shape index (κ3) is 4.03. The monoisotopic (exact) mass is 331 g/mol. The Balaban J connectivity index is 1.73. The van der Waals surface area contributed by atoms with Gasteiger partial charge in [-0.05, 0) is 52.7 Å². The van der Waals surface area contributed by atoms with Crippen molar-refractivity contribution in [1.82, 2.24) is 0 Å². The molecule has 0 bridgehead atoms. The number of amidine groups is 1. The number of anilines is 1. The van der Waals surface area contributed by atoms with Crippen molar-refractivity contribution < 1.29 is 9.53 Å². The normalized spacial score (nSPS) is 10.9. The predicted molar refractivity (Wildman–Crippen MR) is 100 cm³/mol. The van der Waals surface area contributed by atoms with Gasteiger partial charge in [-0.2, -0.15) is 0 Å². The smallest absolute Gasteiger partial charge is 0.336 e. The van der Waals surface area contributed by atoms with E-state index in [-0.39, 0.29) is 5.84 Å². The number of nitrogen functional groups attached to an aromatic ring is 2. The van der Waals surface area contributed by atoms with E-state index in [9.17, 15) is 4.79 Å². The molecule has 0 aliphatic rings. The topological polar surface area (TPSA) is 102 Å². The zero-order chi connectivity index (χ0) is 17.8. The van der Waals surface area contributed by atoms with E-state index in [2.05, 4.69) is 0 Å². The molecule has 0 heterocycles. The lowest BCUT2D eigenvalue weighted by molar-refractivity contribution is -0.128. The highest BCUT2D eigenvalue weighted by atomic mass is 16.5. The van der Waals surface area contributed by atoms with E-state index < -0.39 is 5.97 Å². The van der Waals surface area contributed by atoms with Crippen LogP contribution in [0.1, 0.15) is 11.1 Å². The second-order valence-electron chi connectivity index (χ2n) is 5.56. The molecule has 25 heavy (non-hydrogen) atoms. The Bertz CT molecular complexity index is 976. The second-order valence-corrected chi connectivity index (χ2v) is 5.56. The molecule has 0 aliphatic carbocycles. The second kappa shape index (κ2) is 6.88. The minimum absolute atomic E-state index is 0.0187. The van der Waals surface area contributed by atoms with Gasteiger partial charge in [0.15, 0.2) is 0 Å². The highest BCUT2D eigenvalue weighted by Crippen LogP contribution is 2.22. The predicted octanol–water partition coefficient (Wildman–Crippen LogP) is 3.32. The molecule has 5 nitrogen and oxygen atoms in total. The van der Waals surface area contributed by atoms with E-state index in [1.54, 1.807) is 36.4 Å². The van der Waals surface area contributed by atoms with E-state index in [0.29, 0.717) is 17.0 Å². The van der Waals surface area contributed by atoms with Crippen LogP contribution < -0.4 is 16.2 Å². The average molecular weight is 331 g/mol. The number of fused-ring (bicyclic) bond motifs is 1. The van der Waals surface area contributed by atoms with Gasteiger partial charge in [0.2, 0.25) is 0 Å². The van der Waals surface area contributed by atoms with Crippen LogP contribution in [0.3, 0.4) is 0 Å². The van der Waals surface area contributed by atoms with Crippen LogP contribution in [0.4, 0.5) is 5.69 Å². The minimum Gasteiger partial charge on any atom is -0.423 e. The van der Waals surface area contributed by atoms with E-state index in [4.69, 9.17) is 21.6 Å². The fraction of sp³-hybridized carbons (Fsp3) is 0. The number of nitrogens with two attached hydrogens (primary N) is 2. The lowest BCUT2D eigenvalue weighted by Gasteiger charge is -2.05. The largest absolute Gasteiger partial charge is 0.423 e. The van der Waals surface area contributed by atoms with Gasteiger partial charge in [0.1, 0.15) is 11.6 Å². The van der Waals surface area contributed by atoms with Gasteiger partial charge in [-0.15, -0.1) is 0 Å². The summed E-state index contributed by atoms with van der Waals surface area (Å²) in [4.78, 5) is 12.0. The number of ether oxygens (including phenoxy) is 1. The molecular formula is C20H17N3O2. The molecule has 0 radical (unpaired) electrons. The van der Waals surface area contributed by atoms with Crippen molar-refractivity contribution in [3.05, 3.63) is 77.9 Å². The first-order valence-corrected chi connectivity index (χ1v) is 7.65. The summed E-state index contributed by atoms with van der Waals surface area (Å²) in [5.41, 5.74) is 13.3. The molecule has 3 rings (SSSR count). The fourth-order valence-electron chi connectivity index (χ4n) is 2.38. The van der Waals surface area contributed by atoms with Gasteiger partial charge in [0.25, 0.3) is 0 Å². The van der Waals surface area contributed by atoms with Gasteiger partial charge < -0.3 is 16.2 Å². The van der Waals surface area contributed by atoms with Crippen LogP contribution in [-0.4, -0.2) is 11.8 Å². The summed E-state index contributed by atoms with van der Waals surface area (Å²) in [5.74, 6) is 0.0109. The SMILES string of the molecule is N=C(N)c1ccc2cc(OC(=O)C=Cc3ccc(N)cc3)ccc2c1. The Kier molecular flexibility index (Phi) is 4.48. The summed E-state index contributed by atoms with van der Waals surface area (Å²) in [6.45, 7) is 0. The fourth-order valence-corrected chi connectivity index (χ4v) is 2.38. The Labute approximate surface area is 145 Å². The zero-order valence-corrected chi connectivity index (χ0v) is 13.4. The van der Waals surface area contributed by atoms with E-state index >= 15 is 0 Å². The third-order valence-electron chi connectivity index (χ3n) is 3.69. The number of hydrogen-bond donors (Lipinski definition) is 3. The molecule has 0 fully saturated rings. The molecule has 0 amide bonds. The van der Waals surface area contributed by atoms with Crippen LogP contribution >= 0.6 is 0 Å². The van der Waals surface area contributed by atoms with Crippen LogP contribution in [0.25, 0.3) is 16.8 Å². The van der Waals surface area contributed by atoms with Gasteiger partial charge in [-0.25, -0.2) is 4.79 Å². The van der Waals surface area contributed by atoms with Crippen LogP contribution in [0, 0.1) is 5.41 Å². The van der Waals surface area contributed by atoms with Gasteiger partial charge in [-0.1, -0.05) is 30.3 Å². The van der Waals surface area contributed by atoms with Gasteiger partial charge in [0, 0.05) is 17.3 Å². The molecular weight excluding hydrogens is 314 g/mol. The molecule has 0 aromatic heterocycles. The van der Waals surface area contributed by atoms with Gasteiger partial charge in [0.05, 0.1) is 0 Å². The Morgan fingerprint density at radius 1 is 0.960 bits per heavy atom. The van der Waals surface area contributed by atoms with E-state index in [0.717, 1.165) is 16.3 Å². The molecule has 0 atom stereocenters. The van der Waals surface area contributed by atoms with E-state index in [1.165, 1.54) is 6.08 Å². The van der Waals surface area contributed by atoms with Gasteiger partial charge >= 0.3 is 5.97 Å². The summed E-state index contributed by atoms with van der Waals surface area (Å²) in [7, 11) is 0. The maximum absolute atomic E-state index is 12.0. The maximum Gasteiger partial charge on any atom is 0.336 e. The first kappa shape index (κ1) is 16.3. The summed E-state index contributed by atoms with van der Waals surface area (Å²) in [5, 5.41) is 9.29. The molecule has 124 valence electrons. The Hall–Kier alpha value is -3.60. The minimum atomic E-state index is -0.462. The lowest BCUT2D eigenvalue weighted by atomic mass is 10.1. The van der Waals surface area contributed by atoms with Crippen molar-refractivity contribution in [1.29, 1.82) is 5.41 Å². The number of carbonyl (C=O) groups excluding carboxylic acids is 1. The highest BCUT2D eigenvalue weighted by Gasteiger charge is 2.04. The van der Waals surface area contributed by atoms with Crippen LogP contribution in [-0.2, 0) is 4.79 Å². The Morgan fingerprint density at radius 2 is 1.64 bits per heavy atom. The summed E-state index contributed by atoms with van der Waals surface area (Å²) in [6, 6.07) is 17.9. The highest BCUT2D eigenvalue weighted by molar-refractivity contribution is 5.99. The third-order valence-corrected chi connectivity index (χ3v) is 3.69. The van der Waals surface area contributed by atoms with Crippen molar-refractivity contribution in [3.63, 3.8) is 0 Å². The van der Waals surface area contributed by atoms with Crippen LogP contribution in [0.15, 0.2) is 66.7 Å². The van der Waals surface area contributed by atoms with Crippen LogP contribution in [0.5, 0.6) is 5.75 Å². The standard InChI is InChI=1S/C20H17N3O2/c21-17-7-1-13(2-8-17)3-10-19(24)25-18-9-6-14-11-16(20(22)23)5-4-15(14)12-18/h1-12H,21H2,(H3,22,23). The van der Waals surface area contributed by atoms with Gasteiger partial charge in [-0.3, -0.25) is 5.41 Å². The number of benzene rings is 3. The number of nitrogens with one attached hydrogen (secondary N) is 1. The lowest BCUT2D eigenvalue weighted by Crippen LogP contribution is -2.10. The molecule has 0 saturated carbocycles. The Morgan fingerprint density at radius 3 is 2.36 bits per heavy atom. The molecule has 0 aliphatic heterocycles. The summed E-state index contributed by atoms with van der Waals surface area (Å²) in [6.07, 6.45) is 3.04. The van der Waals surface area contributed by atoms with Crippen molar-refractivity contribution in [3.8, 4) is 5.75 Å². The zero-order valence-electron chi connectivity index (χ0n) is 13.4. The van der Waals surface area contributed by atoms with E-state index in [1.807, 2.05) is 30.3 Å². The maximum atomic E-state index is 12.0. The summed E-state index contributed by atoms with van der Waals surface area (Å²) < 4.78 is 5.33. The first-order valence-electron chi connectivity index (χ1n) is 7.65. The first-order chi connectivity index (χ1) is 12.0. The van der Waals surface area contributed by atoms with Crippen LogP contribution in [0.2, 0.25) is 0 Å². The number of rotatable bonds is 4. The average Bonchev–Trinajstić information content (AvgIpc) is 2.60. The van der Waals surface area contributed by atoms with Crippen molar-refractivity contribution in [2.75, 3.05) is 5.73 Å².